The van der Waals surface area contributed by atoms with Crippen LogP contribution in [0.3, 0.4) is 0 Å². The third-order valence-electron chi connectivity index (χ3n) is 2.75. The molecule has 0 aliphatic rings. The molecule has 0 bridgehead atoms. The van der Waals surface area contributed by atoms with Crippen molar-refractivity contribution in [3.05, 3.63) is 29.8 Å². The fourth-order valence-electron chi connectivity index (χ4n) is 1.72. The first-order valence-corrected chi connectivity index (χ1v) is 9.29. The van der Waals surface area contributed by atoms with E-state index in [1.54, 1.807) is 0 Å². The number of aliphatic hydroxyl groups is 1. The third-order valence-corrected chi connectivity index (χ3v) is 4.34. The van der Waals surface area contributed by atoms with Gasteiger partial charge in [0.05, 0.1) is 11.2 Å². The maximum atomic E-state index is 9.17. The van der Waals surface area contributed by atoms with Crippen LogP contribution in [-0.2, 0) is 6.54 Å². The Bertz CT molecular complexity index is 361. The molecule has 0 fully saturated rings. The van der Waals surface area contributed by atoms with Crippen LogP contribution in [-0.4, -0.2) is 39.4 Å². The van der Waals surface area contributed by atoms with E-state index >= 15 is 0 Å². The molecule has 0 amide bonds. The molecule has 5 heteroatoms. The molecule has 0 aromatic heterocycles. The van der Waals surface area contributed by atoms with E-state index in [2.05, 4.69) is 45.9 Å². The van der Waals surface area contributed by atoms with Gasteiger partial charge in [-0.2, -0.15) is 0 Å². The second-order valence-electron chi connectivity index (χ2n) is 4.34. The Morgan fingerprint density at radius 2 is 2.26 bits per heavy atom. The fourth-order valence-corrected chi connectivity index (χ4v) is 3.08. The van der Waals surface area contributed by atoms with Crippen molar-refractivity contribution in [2.45, 2.75) is 26.0 Å². The highest BCUT2D eigenvalue weighted by Crippen LogP contribution is 2.18. The highest BCUT2D eigenvalue weighted by molar-refractivity contribution is 14.1. The van der Waals surface area contributed by atoms with Crippen molar-refractivity contribution >= 4 is 34.4 Å². The molecule has 1 rings (SSSR count). The molecular weight excluding hydrogens is 373 g/mol. The van der Waals surface area contributed by atoms with E-state index in [1.165, 1.54) is 5.56 Å². The van der Waals surface area contributed by atoms with Gasteiger partial charge in [0.1, 0.15) is 11.9 Å². The zero-order valence-electron chi connectivity index (χ0n) is 11.5. The predicted octanol–water partition coefficient (Wildman–Crippen LogP) is 3.35. The van der Waals surface area contributed by atoms with Gasteiger partial charge < -0.3 is 9.84 Å². The molecular formula is C14H22INO2S. The second kappa shape index (κ2) is 9.85. The smallest absolute Gasteiger partial charge is 0.121 e. The topological polar surface area (TPSA) is 32.7 Å². The number of nitrogens with zero attached hydrogens (tertiary/aromatic N) is 1. The van der Waals surface area contributed by atoms with Crippen molar-refractivity contribution in [2.24, 2.45) is 0 Å². The second-order valence-corrected chi connectivity index (χ2v) is 5.86. The van der Waals surface area contributed by atoms with Gasteiger partial charge in [0, 0.05) is 12.4 Å². The molecule has 0 saturated carbocycles. The lowest BCUT2D eigenvalue weighted by Crippen LogP contribution is -2.21. The van der Waals surface area contributed by atoms with Crippen LogP contribution >= 0.6 is 34.4 Å². The number of thioether (sulfide) groups is 1. The highest BCUT2D eigenvalue weighted by Gasteiger charge is 2.08. The first kappa shape index (κ1) is 17.1. The normalized spacial score (nSPS) is 12.7. The van der Waals surface area contributed by atoms with Gasteiger partial charge in [-0.15, -0.1) is 11.8 Å². The summed E-state index contributed by atoms with van der Waals surface area (Å²) in [6.45, 7) is 3.00. The van der Waals surface area contributed by atoms with Gasteiger partial charge in [-0.3, -0.25) is 4.90 Å². The number of hydrogen-bond acceptors (Lipinski definition) is 4. The molecule has 0 heterocycles. The Kier molecular flexibility index (Phi) is 8.85. The summed E-state index contributed by atoms with van der Waals surface area (Å²) in [5.41, 5.74) is 1.25. The Hall–Kier alpha value is 0.0200. The lowest BCUT2D eigenvalue weighted by Gasteiger charge is -2.19. The highest BCUT2D eigenvalue weighted by atomic mass is 127. The van der Waals surface area contributed by atoms with Crippen LogP contribution in [0.1, 0.15) is 18.9 Å². The monoisotopic (exact) mass is 395 g/mol. The van der Waals surface area contributed by atoms with E-state index in [1.807, 2.05) is 30.8 Å². The summed E-state index contributed by atoms with van der Waals surface area (Å²) >= 11 is 4.22. The summed E-state index contributed by atoms with van der Waals surface area (Å²) in [6, 6.07) is 8.15. The van der Waals surface area contributed by atoms with Crippen molar-refractivity contribution in [1.29, 1.82) is 0 Å². The number of rotatable bonds is 9. The molecule has 1 aromatic carbocycles. The minimum absolute atomic E-state index is 0.0626. The molecule has 3 nitrogen and oxygen atoms in total. The van der Waals surface area contributed by atoms with Crippen molar-refractivity contribution < 1.29 is 9.84 Å². The maximum Gasteiger partial charge on any atom is 0.121 e. The van der Waals surface area contributed by atoms with Gasteiger partial charge in [-0.05, 0) is 30.4 Å². The molecule has 19 heavy (non-hydrogen) atoms. The fraction of sp³-hybridized carbons (Fsp3) is 0.571. The largest absolute Gasteiger partial charge is 0.488 e. The average molecular weight is 395 g/mol. The van der Waals surface area contributed by atoms with Gasteiger partial charge >= 0.3 is 0 Å². The zero-order chi connectivity index (χ0) is 14.1. The van der Waals surface area contributed by atoms with E-state index in [9.17, 15) is 5.11 Å². The summed E-state index contributed by atoms with van der Waals surface area (Å²) in [5, 5.41) is 9.17. The predicted molar refractivity (Wildman–Crippen MR) is 91.0 cm³/mol. The zero-order valence-corrected chi connectivity index (χ0v) is 14.5. The summed E-state index contributed by atoms with van der Waals surface area (Å²) in [7, 11) is 0. The number of benzene rings is 1. The van der Waals surface area contributed by atoms with Crippen molar-refractivity contribution in [3.8, 4) is 5.75 Å². The molecule has 108 valence electrons. The van der Waals surface area contributed by atoms with Crippen LogP contribution in [0.25, 0.3) is 0 Å². The lowest BCUT2D eigenvalue weighted by atomic mass is 10.2. The minimum Gasteiger partial charge on any atom is -0.488 e. The minimum atomic E-state index is -0.109. The van der Waals surface area contributed by atoms with E-state index in [-0.39, 0.29) is 12.7 Å². The molecule has 1 aromatic rings. The maximum absolute atomic E-state index is 9.17. The standard InChI is InChI=1S/C14H22INO2S/c1-3-13(9-17)18-14-6-4-5-12(7-14)8-16(10-15)11-19-2/h4-7,13,17H,3,8-11H2,1-2H3. The SMILES string of the molecule is CCC(CO)Oc1cccc(CN(CI)CSC)c1. The lowest BCUT2D eigenvalue weighted by molar-refractivity contribution is 0.112. The van der Waals surface area contributed by atoms with Gasteiger partial charge in [-0.25, -0.2) is 0 Å². The van der Waals surface area contributed by atoms with Gasteiger partial charge in [0.2, 0.25) is 0 Å². The molecule has 1 unspecified atom stereocenters. The number of alkyl halides is 1. The van der Waals surface area contributed by atoms with E-state index in [0.29, 0.717) is 0 Å². The number of ether oxygens (including phenoxy) is 1. The van der Waals surface area contributed by atoms with Crippen molar-refractivity contribution in [2.75, 3.05) is 23.3 Å². The van der Waals surface area contributed by atoms with Crippen LogP contribution in [0.15, 0.2) is 24.3 Å². The van der Waals surface area contributed by atoms with Gasteiger partial charge in [0.15, 0.2) is 0 Å². The van der Waals surface area contributed by atoms with Crippen LogP contribution in [0.2, 0.25) is 0 Å². The van der Waals surface area contributed by atoms with Crippen LogP contribution in [0, 0.1) is 0 Å². The first-order chi connectivity index (χ1) is 9.23. The number of aliphatic hydroxyl groups excluding tert-OH is 1. The summed E-state index contributed by atoms with van der Waals surface area (Å²) in [4.78, 5) is 2.37. The molecule has 1 N–H and O–H groups in total. The van der Waals surface area contributed by atoms with E-state index < -0.39 is 0 Å². The van der Waals surface area contributed by atoms with Gasteiger partial charge in [0.25, 0.3) is 0 Å². The molecule has 1 atom stereocenters. The Morgan fingerprint density at radius 1 is 1.47 bits per heavy atom. The molecule has 0 radical (unpaired) electrons. The molecule has 0 aliphatic heterocycles. The van der Waals surface area contributed by atoms with E-state index in [4.69, 9.17) is 4.74 Å². The van der Waals surface area contributed by atoms with Crippen molar-refractivity contribution in [3.63, 3.8) is 0 Å². The van der Waals surface area contributed by atoms with Crippen LogP contribution in [0.5, 0.6) is 5.75 Å². The van der Waals surface area contributed by atoms with Crippen LogP contribution < -0.4 is 4.74 Å². The number of halogens is 1. The summed E-state index contributed by atoms with van der Waals surface area (Å²) in [6.07, 6.45) is 2.82. The summed E-state index contributed by atoms with van der Waals surface area (Å²) in [5.74, 6) is 1.87. The first-order valence-electron chi connectivity index (χ1n) is 6.37. The van der Waals surface area contributed by atoms with Crippen LogP contribution in [0.4, 0.5) is 0 Å². The summed E-state index contributed by atoms with van der Waals surface area (Å²) < 4.78 is 6.76. The molecule has 0 spiro atoms. The molecule has 0 saturated heterocycles. The number of hydrogen-bond donors (Lipinski definition) is 1. The Labute approximate surface area is 133 Å². The van der Waals surface area contributed by atoms with Crippen molar-refractivity contribution in [1.82, 2.24) is 4.90 Å². The van der Waals surface area contributed by atoms with Gasteiger partial charge in [-0.1, -0.05) is 41.6 Å². The Balaban J connectivity index is 2.65. The molecule has 0 aliphatic carbocycles. The van der Waals surface area contributed by atoms with E-state index in [0.717, 1.165) is 29.1 Å². The quantitative estimate of drug-likeness (QED) is 0.301. The average Bonchev–Trinajstić information content (AvgIpc) is 2.44. The Morgan fingerprint density at radius 3 is 2.84 bits per heavy atom. The third kappa shape index (κ3) is 6.33.